The summed E-state index contributed by atoms with van der Waals surface area (Å²) in [6, 6.07) is -2.32. The minimum Gasteiger partial charge on any atom is -0.492 e. The molecule has 1 aromatic rings. The molecule has 0 saturated heterocycles. The zero-order chi connectivity index (χ0) is 14.0. The van der Waals surface area contributed by atoms with Crippen LogP contribution in [0.3, 0.4) is 0 Å². The van der Waals surface area contributed by atoms with Crippen LogP contribution in [0.15, 0.2) is 0 Å². The van der Waals surface area contributed by atoms with Crippen molar-refractivity contribution in [3.05, 3.63) is 0 Å². The van der Waals surface area contributed by atoms with Gasteiger partial charge in [-0.1, -0.05) is 0 Å². The molecule has 98 valence electrons. The van der Waals surface area contributed by atoms with E-state index < -0.39 is 35.5 Å². The Labute approximate surface area is 99.3 Å². The van der Waals surface area contributed by atoms with E-state index in [4.69, 9.17) is 23.2 Å². The molecular formula is C6H10N8O4. The third-order valence-electron chi connectivity index (χ3n) is 1.77. The molecule has 18 heavy (non-hydrogen) atoms. The van der Waals surface area contributed by atoms with Crippen molar-refractivity contribution in [2.75, 3.05) is 10.0 Å². The van der Waals surface area contributed by atoms with Crippen molar-refractivity contribution in [2.45, 2.75) is 0 Å². The molecule has 12 nitrogen and oxygen atoms in total. The van der Waals surface area contributed by atoms with Crippen LogP contribution in [0.25, 0.3) is 0 Å². The summed E-state index contributed by atoms with van der Waals surface area (Å²) < 4.78 is 0. The van der Waals surface area contributed by atoms with Gasteiger partial charge in [-0.25, -0.2) is 26.3 Å². The Morgan fingerprint density at radius 3 is 1.67 bits per heavy atom. The maximum Gasteiger partial charge on any atom is 0.336 e. The predicted octanol–water partition coefficient (Wildman–Crippen LogP) is -2.59. The van der Waals surface area contributed by atoms with Crippen molar-refractivity contribution < 1.29 is 19.8 Å². The zero-order valence-electron chi connectivity index (χ0n) is 8.81. The Morgan fingerprint density at radius 1 is 0.944 bits per heavy atom. The number of urea groups is 2. The minimum absolute atomic E-state index is 0.208. The monoisotopic (exact) mass is 258 g/mol. The molecule has 1 rings (SSSR count). The smallest absolute Gasteiger partial charge is 0.336 e. The summed E-state index contributed by atoms with van der Waals surface area (Å²) in [5, 5.41) is 19.4. The molecule has 12 heteroatoms. The highest BCUT2D eigenvalue weighted by molar-refractivity contribution is 5.93. The van der Waals surface area contributed by atoms with E-state index in [0.29, 0.717) is 0 Å². The fraction of sp³-hybridized carbons (Fsp3) is 0. The van der Waals surface area contributed by atoms with Crippen LogP contribution in [-0.2, 0) is 0 Å². The van der Waals surface area contributed by atoms with E-state index >= 15 is 0 Å². The maximum atomic E-state index is 10.8. The first-order chi connectivity index (χ1) is 8.25. The number of aromatic nitrogens is 2. The molecule has 0 radical (unpaired) electrons. The van der Waals surface area contributed by atoms with Crippen molar-refractivity contribution in [1.82, 2.24) is 9.97 Å². The first-order valence-electron chi connectivity index (χ1n) is 4.24. The number of hydrogen-bond acceptors (Lipinski definition) is 8. The second-order valence-corrected chi connectivity index (χ2v) is 2.94. The molecule has 4 amide bonds. The summed E-state index contributed by atoms with van der Waals surface area (Å²) in [5.41, 5.74) is 9.00. The van der Waals surface area contributed by atoms with Gasteiger partial charge in [-0.15, -0.1) is 0 Å². The quantitative estimate of drug-likeness (QED) is 0.187. The molecule has 0 atom stereocenters. The minimum atomic E-state index is -1.18. The molecule has 0 bridgehead atoms. The number of nitrogens with two attached hydrogens (primary N) is 4. The summed E-state index contributed by atoms with van der Waals surface area (Å²) in [4.78, 5) is 28.1. The lowest BCUT2D eigenvalue weighted by Crippen LogP contribution is -2.43. The third kappa shape index (κ3) is 2.28. The number of rotatable bonds is 2. The SMILES string of the molecule is NC(=O)N(N)c1nc(O)c(N(N)C(N)=O)c(O)n1. The molecule has 0 aliphatic carbocycles. The van der Waals surface area contributed by atoms with Crippen LogP contribution in [0.1, 0.15) is 0 Å². The van der Waals surface area contributed by atoms with Gasteiger partial charge in [0.15, 0.2) is 5.69 Å². The van der Waals surface area contributed by atoms with Crippen molar-refractivity contribution in [1.29, 1.82) is 0 Å². The second kappa shape index (κ2) is 4.56. The van der Waals surface area contributed by atoms with Crippen LogP contribution >= 0.6 is 0 Å². The van der Waals surface area contributed by atoms with Gasteiger partial charge in [-0.2, -0.15) is 15.0 Å². The highest BCUT2D eigenvalue weighted by Gasteiger charge is 2.23. The molecule has 0 saturated carbocycles. The van der Waals surface area contributed by atoms with Crippen LogP contribution in [0, 0.1) is 0 Å². The van der Waals surface area contributed by atoms with Crippen molar-refractivity contribution in [3.8, 4) is 11.8 Å². The topological polar surface area (TPSA) is 211 Å². The maximum absolute atomic E-state index is 10.8. The first kappa shape index (κ1) is 13.2. The van der Waals surface area contributed by atoms with Crippen LogP contribution in [0.2, 0.25) is 0 Å². The summed E-state index contributed by atoms with van der Waals surface area (Å²) in [6.45, 7) is 0. The highest BCUT2D eigenvalue weighted by atomic mass is 16.3. The normalized spacial score (nSPS) is 9.89. The van der Waals surface area contributed by atoms with Crippen molar-refractivity contribution in [2.24, 2.45) is 23.2 Å². The number of primary amides is 2. The van der Waals surface area contributed by atoms with E-state index in [0.717, 1.165) is 0 Å². The number of aromatic hydroxyl groups is 2. The number of amides is 4. The van der Waals surface area contributed by atoms with Crippen molar-refractivity contribution in [3.63, 3.8) is 0 Å². The van der Waals surface area contributed by atoms with Gasteiger partial charge in [-0.3, -0.25) is 0 Å². The van der Waals surface area contributed by atoms with Gasteiger partial charge in [0.25, 0.3) is 5.95 Å². The zero-order valence-corrected chi connectivity index (χ0v) is 8.81. The number of hydrogen-bond donors (Lipinski definition) is 6. The Morgan fingerprint density at radius 2 is 1.33 bits per heavy atom. The van der Waals surface area contributed by atoms with Crippen LogP contribution < -0.4 is 33.2 Å². The Balaban J connectivity index is 3.29. The summed E-state index contributed by atoms with van der Waals surface area (Å²) in [6.07, 6.45) is 0. The lowest BCUT2D eigenvalue weighted by molar-refractivity contribution is 0.252. The van der Waals surface area contributed by atoms with Gasteiger partial charge in [0, 0.05) is 0 Å². The van der Waals surface area contributed by atoms with Crippen molar-refractivity contribution >= 4 is 23.7 Å². The van der Waals surface area contributed by atoms with Gasteiger partial charge >= 0.3 is 12.1 Å². The fourth-order valence-electron chi connectivity index (χ4n) is 0.952. The van der Waals surface area contributed by atoms with E-state index in [1.54, 1.807) is 0 Å². The number of carbonyl (C=O) groups excluding carboxylic acids is 2. The van der Waals surface area contributed by atoms with Crippen LogP contribution in [0.4, 0.5) is 21.2 Å². The van der Waals surface area contributed by atoms with E-state index in [1.807, 2.05) is 0 Å². The molecule has 0 aliphatic rings. The van der Waals surface area contributed by atoms with Gasteiger partial charge in [-0.05, 0) is 0 Å². The van der Waals surface area contributed by atoms with Crippen LogP contribution in [-0.4, -0.2) is 32.2 Å². The molecule has 0 aliphatic heterocycles. The molecule has 1 aromatic heterocycles. The van der Waals surface area contributed by atoms with Gasteiger partial charge in [0.1, 0.15) is 0 Å². The summed E-state index contributed by atoms with van der Waals surface area (Å²) >= 11 is 0. The second-order valence-electron chi connectivity index (χ2n) is 2.94. The fourth-order valence-corrected chi connectivity index (χ4v) is 0.952. The highest BCUT2D eigenvalue weighted by Crippen LogP contribution is 2.33. The average Bonchev–Trinajstić information content (AvgIpc) is 2.26. The van der Waals surface area contributed by atoms with Gasteiger partial charge in [0.05, 0.1) is 0 Å². The standard InChI is InChI=1S/C6H10N8O4/c7-4(17)13(9)1-2(15)11-6(12-3(1)16)14(10)5(8)18/h9-10H2,(H2,7,17)(H2,8,18)(H2,11,12,15,16). The Bertz CT molecular complexity index is 481. The van der Waals surface area contributed by atoms with Gasteiger partial charge < -0.3 is 21.7 Å². The number of nitrogens with zero attached hydrogens (tertiary/aromatic N) is 4. The number of carbonyl (C=O) groups is 2. The van der Waals surface area contributed by atoms with E-state index in [1.165, 1.54) is 0 Å². The predicted molar refractivity (Wildman–Crippen MR) is 57.9 cm³/mol. The first-order valence-corrected chi connectivity index (χ1v) is 4.24. The number of hydrazine groups is 2. The molecular weight excluding hydrogens is 248 g/mol. The molecule has 0 spiro atoms. The Kier molecular flexibility index (Phi) is 3.35. The lowest BCUT2D eigenvalue weighted by Gasteiger charge is -2.17. The molecule has 0 unspecified atom stereocenters. The Hall–Kier alpha value is -2.86. The molecule has 1 heterocycles. The third-order valence-corrected chi connectivity index (χ3v) is 1.77. The summed E-state index contributed by atoms with van der Waals surface area (Å²) in [5.74, 6) is 7.84. The van der Waals surface area contributed by atoms with E-state index in [9.17, 15) is 19.8 Å². The molecule has 0 aromatic carbocycles. The molecule has 10 N–H and O–H groups in total. The largest absolute Gasteiger partial charge is 0.492 e. The lowest BCUT2D eigenvalue weighted by atomic mass is 10.4. The average molecular weight is 258 g/mol. The van der Waals surface area contributed by atoms with E-state index in [-0.39, 0.29) is 10.0 Å². The summed E-state index contributed by atoms with van der Waals surface area (Å²) in [7, 11) is 0. The number of anilines is 2. The van der Waals surface area contributed by atoms with Crippen LogP contribution in [0.5, 0.6) is 11.8 Å². The van der Waals surface area contributed by atoms with E-state index in [2.05, 4.69) is 9.97 Å². The van der Waals surface area contributed by atoms with Gasteiger partial charge in [0.2, 0.25) is 11.8 Å². The molecule has 0 fully saturated rings.